The molecule has 9 heteroatoms. The molecule has 0 saturated heterocycles. The molecule has 0 bridgehead atoms. The number of rotatable bonds is 8. The van der Waals surface area contributed by atoms with Crippen molar-refractivity contribution in [1.82, 2.24) is 10.3 Å². The second-order valence-corrected chi connectivity index (χ2v) is 5.51. The molecule has 25 heavy (non-hydrogen) atoms. The summed E-state index contributed by atoms with van der Waals surface area (Å²) in [7, 11) is 0. The van der Waals surface area contributed by atoms with Crippen molar-refractivity contribution in [3.63, 3.8) is 0 Å². The van der Waals surface area contributed by atoms with Crippen molar-refractivity contribution >= 4 is 41.2 Å². The number of nitrogens with one attached hydrogen (secondary N) is 2. The van der Waals surface area contributed by atoms with Gasteiger partial charge in [-0.2, -0.15) is 0 Å². The Labute approximate surface area is 149 Å². The second kappa shape index (κ2) is 9.05. The van der Waals surface area contributed by atoms with Gasteiger partial charge in [0.15, 0.2) is 0 Å². The van der Waals surface area contributed by atoms with Gasteiger partial charge in [0.05, 0.1) is 0 Å². The summed E-state index contributed by atoms with van der Waals surface area (Å²) in [6.07, 6.45) is 1.63. The van der Waals surface area contributed by atoms with Crippen molar-refractivity contribution in [2.45, 2.75) is 31.3 Å². The first-order chi connectivity index (χ1) is 11.4. The van der Waals surface area contributed by atoms with Crippen molar-refractivity contribution in [1.29, 1.82) is 0 Å². The van der Waals surface area contributed by atoms with Gasteiger partial charge in [-0.3, -0.25) is 9.59 Å². The van der Waals surface area contributed by atoms with Crippen LogP contribution in [-0.2, 0) is 20.8 Å². The van der Waals surface area contributed by atoms with Crippen LogP contribution in [0.5, 0.6) is 0 Å². The van der Waals surface area contributed by atoms with Gasteiger partial charge in [-0.1, -0.05) is 18.2 Å². The Kier molecular flexibility index (Phi) is 7.41. The highest BCUT2D eigenvalue weighted by Gasteiger charge is 2.22. The number of benzene rings is 1. The average molecular weight is 370 g/mol. The molecule has 0 aliphatic carbocycles. The molecule has 0 unspecified atom stereocenters. The van der Waals surface area contributed by atoms with Crippen LogP contribution in [0.1, 0.15) is 18.4 Å². The van der Waals surface area contributed by atoms with Gasteiger partial charge < -0.3 is 26.2 Å². The quantitative estimate of drug-likeness (QED) is 0.467. The molecule has 0 aliphatic heterocycles. The molecular formula is C16H20ClN3O5. The van der Waals surface area contributed by atoms with Gasteiger partial charge in [0.2, 0.25) is 5.91 Å². The highest BCUT2D eigenvalue weighted by Crippen LogP contribution is 2.19. The number of carbonyl (C=O) groups excluding carboxylic acids is 1. The zero-order valence-corrected chi connectivity index (χ0v) is 14.1. The van der Waals surface area contributed by atoms with E-state index in [2.05, 4.69) is 10.3 Å². The molecular weight excluding hydrogens is 350 g/mol. The number of hydrogen-bond acceptors (Lipinski definition) is 4. The van der Waals surface area contributed by atoms with Gasteiger partial charge in [-0.25, -0.2) is 4.79 Å². The highest BCUT2D eigenvalue weighted by atomic mass is 35.5. The molecule has 0 radical (unpaired) electrons. The Morgan fingerprint density at radius 3 is 2.48 bits per heavy atom. The van der Waals surface area contributed by atoms with Gasteiger partial charge in [0.1, 0.15) is 12.1 Å². The zero-order valence-electron chi connectivity index (χ0n) is 13.3. The van der Waals surface area contributed by atoms with E-state index >= 15 is 0 Å². The number of carboxylic acids is 2. The molecule has 2 rings (SSSR count). The van der Waals surface area contributed by atoms with Gasteiger partial charge >= 0.3 is 11.9 Å². The number of aromatic amines is 1. The second-order valence-electron chi connectivity index (χ2n) is 5.51. The van der Waals surface area contributed by atoms with Gasteiger partial charge in [0.25, 0.3) is 0 Å². The molecule has 8 nitrogen and oxygen atoms in total. The Morgan fingerprint density at radius 1 is 1.16 bits per heavy atom. The third-order valence-electron chi connectivity index (χ3n) is 3.73. The molecule has 0 saturated carbocycles. The molecule has 1 amide bonds. The molecule has 2 atom stereocenters. The predicted molar refractivity (Wildman–Crippen MR) is 93.7 cm³/mol. The number of halogens is 1. The molecule has 0 fully saturated rings. The summed E-state index contributed by atoms with van der Waals surface area (Å²) in [4.78, 5) is 36.9. The fourth-order valence-corrected chi connectivity index (χ4v) is 2.40. The van der Waals surface area contributed by atoms with Crippen LogP contribution in [-0.4, -0.2) is 45.1 Å². The Morgan fingerprint density at radius 2 is 1.84 bits per heavy atom. The molecule has 2 aromatic rings. The lowest BCUT2D eigenvalue weighted by Gasteiger charge is -2.15. The lowest BCUT2D eigenvalue weighted by molar-refractivity contribution is -0.142. The number of carbonyl (C=O) groups is 3. The minimum atomic E-state index is -1.20. The summed E-state index contributed by atoms with van der Waals surface area (Å²) in [6.45, 7) is 0. The number of H-pyrrole nitrogens is 1. The fraction of sp³-hybridized carbons (Fsp3) is 0.312. The van der Waals surface area contributed by atoms with Crippen LogP contribution in [0.2, 0.25) is 0 Å². The summed E-state index contributed by atoms with van der Waals surface area (Å²) < 4.78 is 0. The molecule has 136 valence electrons. The Balaban J connectivity index is 0.00000312. The van der Waals surface area contributed by atoms with Crippen molar-refractivity contribution in [3.8, 4) is 0 Å². The number of aromatic nitrogens is 1. The standard InChI is InChI=1S/C16H19N3O5.ClH/c17-11(15(21)22)5-6-14(20)19-13(16(23)24)7-9-8-18-12-4-2-1-3-10(9)12;/h1-4,8,11,13,18H,5-7,17H2,(H,19,20)(H,21,22)(H,23,24);1H/t11-,13-;/m1./s1. The topological polar surface area (TPSA) is 146 Å². The number of fused-ring (bicyclic) bond motifs is 1. The van der Waals surface area contributed by atoms with Crippen LogP contribution < -0.4 is 11.1 Å². The van der Waals surface area contributed by atoms with E-state index in [-0.39, 0.29) is 31.7 Å². The van der Waals surface area contributed by atoms with Crippen LogP contribution in [0.4, 0.5) is 0 Å². The van der Waals surface area contributed by atoms with Crippen LogP contribution in [0, 0.1) is 0 Å². The van der Waals surface area contributed by atoms with Crippen LogP contribution >= 0.6 is 12.4 Å². The first-order valence-electron chi connectivity index (χ1n) is 7.44. The SMILES string of the molecule is Cl.N[C@H](CCC(=O)N[C@H](Cc1c[nH]c2ccccc12)C(=O)O)C(=O)O. The third-order valence-corrected chi connectivity index (χ3v) is 3.73. The van der Waals surface area contributed by atoms with E-state index in [1.54, 1.807) is 6.20 Å². The van der Waals surface area contributed by atoms with Crippen molar-refractivity contribution < 1.29 is 24.6 Å². The number of amides is 1. The zero-order chi connectivity index (χ0) is 17.7. The van der Waals surface area contributed by atoms with E-state index in [1.807, 2.05) is 24.3 Å². The first kappa shape index (κ1) is 20.5. The monoisotopic (exact) mass is 369 g/mol. The number of hydrogen-bond donors (Lipinski definition) is 5. The smallest absolute Gasteiger partial charge is 0.326 e. The van der Waals surface area contributed by atoms with Gasteiger partial charge in [-0.05, 0) is 18.1 Å². The summed E-state index contributed by atoms with van der Waals surface area (Å²) in [5.74, 6) is -2.90. The summed E-state index contributed by atoms with van der Waals surface area (Å²) >= 11 is 0. The number of aliphatic carboxylic acids is 2. The maximum atomic E-state index is 11.8. The molecule has 0 aliphatic rings. The normalized spacial score (nSPS) is 12.8. The molecule has 1 aromatic heterocycles. The Bertz CT molecular complexity index is 761. The maximum absolute atomic E-state index is 11.8. The van der Waals surface area contributed by atoms with Crippen molar-refractivity contribution in [2.75, 3.05) is 0 Å². The minimum Gasteiger partial charge on any atom is -0.480 e. The lowest BCUT2D eigenvalue weighted by atomic mass is 10.0. The van der Waals surface area contributed by atoms with Crippen molar-refractivity contribution in [2.24, 2.45) is 5.73 Å². The molecule has 1 aromatic carbocycles. The van der Waals surface area contributed by atoms with E-state index in [1.165, 1.54) is 0 Å². The van der Waals surface area contributed by atoms with Gasteiger partial charge in [0, 0.05) is 29.9 Å². The fourth-order valence-electron chi connectivity index (χ4n) is 2.40. The van der Waals surface area contributed by atoms with Gasteiger partial charge in [-0.15, -0.1) is 12.4 Å². The molecule has 6 N–H and O–H groups in total. The molecule has 1 heterocycles. The minimum absolute atomic E-state index is 0. The Hall–Kier alpha value is -2.58. The lowest BCUT2D eigenvalue weighted by Crippen LogP contribution is -2.43. The largest absolute Gasteiger partial charge is 0.480 e. The first-order valence-corrected chi connectivity index (χ1v) is 7.44. The summed E-state index contributed by atoms with van der Waals surface area (Å²) in [5.41, 5.74) is 6.99. The average Bonchev–Trinajstić information content (AvgIpc) is 2.95. The maximum Gasteiger partial charge on any atom is 0.326 e. The van der Waals surface area contributed by atoms with E-state index in [0.29, 0.717) is 0 Å². The summed E-state index contributed by atoms with van der Waals surface area (Å²) in [6, 6.07) is 5.21. The van der Waals surface area contributed by atoms with E-state index in [9.17, 15) is 19.5 Å². The van der Waals surface area contributed by atoms with Crippen LogP contribution in [0.3, 0.4) is 0 Å². The number of nitrogens with two attached hydrogens (primary N) is 1. The van der Waals surface area contributed by atoms with Crippen LogP contribution in [0.25, 0.3) is 10.9 Å². The van der Waals surface area contributed by atoms with E-state index in [4.69, 9.17) is 10.8 Å². The van der Waals surface area contributed by atoms with Crippen LogP contribution in [0.15, 0.2) is 30.5 Å². The van der Waals surface area contributed by atoms with Crippen molar-refractivity contribution in [3.05, 3.63) is 36.0 Å². The highest BCUT2D eigenvalue weighted by molar-refractivity contribution is 5.87. The van der Waals surface area contributed by atoms with E-state index in [0.717, 1.165) is 16.5 Å². The number of carboxylic acid groups (broad SMARTS) is 2. The predicted octanol–water partition coefficient (Wildman–Crippen LogP) is 0.894. The third kappa shape index (κ3) is 5.47. The number of para-hydroxylation sites is 1. The van der Waals surface area contributed by atoms with E-state index < -0.39 is 29.9 Å². The summed E-state index contributed by atoms with van der Waals surface area (Å²) in [5, 5.41) is 21.3. The molecule has 0 spiro atoms.